The van der Waals surface area contributed by atoms with Gasteiger partial charge in [0.15, 0.2) is 0 Å². The number of allylic oxidation sites excluding steroid dienone is 1. The predicted molar refractivity (Wildman–Crippen MR) is 83.3 cm³/mol. The van der Waals surface area contributed by atoms with Crippen molar-refractivity contribution in [3.8, 4) is 0 Å². The van der Waals surface area contributed by atoms with Crippen LogP contribution in [0, 0.1) is 0 Å². The summed E-state index contributed by atoms with van der Waals surface area (Å²) in [6, 6.07) is 0.652. The van der Waals surface area contributed by atoms with E-state index in [-0.39, 0.29) is 0 Å². The molecule has 0 bridgehead atoms. The molecule has 1 nitrogen and oxygen atoms in total. The monoisotopic (exact) mass is 267 g/mol. The van der Waals surface area contributed by atoms with Crippen LogP contribution in [0.1, 0.15) is 64.7 Å². The van der Waals surface area contributed by atoms with Gasteiger partial charge >= 0.3 is 0 Å². The predicted octanol–water partition coefficient (Wildman–Crippen LogP) is 4.53. The van der Waals surface area contributed by atoms with Crippen molar-refractivity contribution in [1.29, 1.82) is 0 Å². The van der Waals surface area contributed by atoms with E-state index in [0.29, 0.717) is 6.04 Å². The highest BCUT2D eigenvalue weighted by molar-refractivity contribution is 7.99. The van der Waals surface area contributed by atoms with Crippen molar-refractivity contribution in [1.82, 2.24) is 5.32 Å². The van der Waals surface area contributed by atoms with Crippen molar-refractivity contribution in [3.05, 3.63) is 11.6 Å². The Morgan fingerprint density at radius 3 is 2.83 bits per heavy atom. The minimum atomic E-state index is 0.652. The van der Waals surface area contributed by atoms with Crippen LogP contribution in [0.15, 0.2) is 11.6 Å². The van der Waals surface area contributed by atoms with E-state index in [1.807, 2.05) is 0 Å². The van der Waals surface area contributed by atoms with Gasteiger partial charge in [0, 0.05) is 17.0 Å². The van der Waals surface area contributed by atoms with Gasteiger partial charge in [-0.2, -0.15) is 11.8 Å². The molecule has 1 atom stereocenters. The van der Waals surface area contributed by atoms with Crippen LogP contribution in [-0.2, 0) is 0 Å². The van der Waals surface area contributed by atoms with Crippen LogP contribution < -0.4 is 5.32 Å². The van der Waals surface area contributed by atoms with Crippen LogP contribution in [0.4, 0.5) is 0 Å². The molecular weight excluding hydrogens is 238 g/mol. The van der Waals surface area contributed by atoms with Crippen LogP contribution in [0.5, 0.6) is 0 Å². The molecule has 0 amide bonds. The zero-order chi connectivity index (χ0) is 12.6. The summed E-state index contributed by atoms with van der Waals surface area (Å²) in [6.07, 6.45) is 15.3. The summed E-state index contributed by atoms with van der Waals surface area (Å²) >= 11 is 2.23. The Hall–Kier alpha value is 0.0500. The number of hydrogen-bond donors (Lipinski definition) is 1. The maximum Gasteiger partial charge on any atom is 0.0370 e. The normalized spacial score (nSPS) is 23.7. The molecule has 1 saturated carbocycles. The molecule has 0 spiro atoms. The van der Waals surface area contributed by atoms with Crippen LogP contribution >= 0.6 is 11.8 Å². The second-order valence-electron chi connectivity index (χ2n) is 5.73. The van der Waals surface area contributed by atoms with Gasteiger partial charge in [0.1, 0.15) is 0 Å². The summed E-state index contributed by atoms with van der Waals surface area (Å²) in [5, 5.41) is 4.67. The fourth-order valence-corrected chi connectivity index (χ4v) is 4.65. The molecule has 0 aromatic heterocycles. The molecule has 2 heteroatoms. The first kappa shape index (κ1) is 14.5. The Balaban J connectivity index is 1.83. The summed E-state index contributed by atoms with van der Waals surface area (Å²) in [4.78, 5) is 0. The van der Waals surface area contributed by atoms with Gasteiger partial charge in [0.2, 0.25) is 0 Å². The van der Waals surface area contributed by atoms with E-state index in [9.17, 15) is 0 Å². The van der Waals surface area contributed by atoms with Crippen LogP contribution in [0.2, 0.25) is 0 Å². The standard InChI is InChI=1S/C16H29NS/c1-2-17-16(13-18-15-11-7-8-12-15)14-9-5-3-4-6-10-14/h9,15-17H,2-8,10-13H2,1H3. The highest BCUT2D eigenvalue weighted by Crippen LogP contribution is 2.31. The zero-order valence-electron chi connectivity index (χ0n) is 11.9. The van der Waals surface area contributed by atoms with Gasteiger partial charge in [-0.3, -0.25) is 0 Å². The number of nitrogens with one attached hydrogen (secondary N) is 1. The minimum Gasteiger partial charge on any atom is -0.310 e. The van der Waals surface area contributed by atoms with Gasteiger partial charge in [-0.15, -0.1) is 0 Å². The maximum absolute atomic E-state index is 3.71. The summed E-state index contributed by atoms with van der Waals surface area (Å²) < 4.78 is 0. The smallest absolute Gasteiger partial charge is 0.0370 e. The second kappa shape index (κ2) is 8.27. The third-order valence-corrected chi connectivity index (χ3v) is 5.74. The van der Waals surface area contributed by atoms with E-state index in [4.69, 9.17) is 0 Å². The SMILES string of the molecule is CCNC(CSC1CCCC1)C1=CCCCCC1. The molecule has 2 rings (SSSR count). The van der Waals surface area contributed by atoms with E-state index < -0.39 is 0 Å². The Labute approximate surface area is 117 Å². The van der Waals surface area contributed by atoms with Gasteiger partial charge in [0.05, 0.1) is 0 Å². The fourth-order valence-electron chi connectivity index (χ4n) is 3.19. The van der Waals surface area contributed by atoms with E-state index >= 15 is 0 Å². The molecular formula is C16H29NS. The summed E-state index contributed by atoms with van der Waals surface area (Å²) in [7, 11) is 0. The number of thioether (sulfide) groups is 1. The Kier molecular flexibility index (Phi) is 6.64. The van der Waals surface area contributed by atoms with Crippen molar-refractivity contribution < 1.29 is 0 Å². The lowest BCUT2D eigenvalue weighted by Crippen LogP contribution is -2.33. The fraction of sp³-hybridized carbons (Fsp3) is 0.875. The quantitative estimate of drug-likeness (QED) is 0.710. The highest BCUT2D eigenvalue weighted by Gasteiger charge is 2.19. The van der Waals surface area contributed by atoms with Gasteiger partial charge in [-0.05, 0) is 45.1 Å². The second-order valence-corrected chi connectivity index (χ2v) is 7.06. The Bertz CT molecular complexity index is 256. The third kappa shape index (κ3) is 4.62. The molecule has 1 fully saturated rings. The molecule has 2 aliphatic carbocycles. The minimum absolute atomic E-state index is 0.652. The molecule has 0 heterocycles. The summed E-state index contributed by atoms with van der Waals surface area (Å²) in [6.45, 7) is 3.34. The molecule has 104 valence electrons. The van der Waals surface area contributed by atoms with E-state index in [0.717, 1.165) is 11.8 Å². The molecule has 0 saturated heterocycles. The van der Waals surface area contributed by atoms with Gasteiger partial charge < -0.3 is 5.32 Å². The number of likely N-dealkylation sites (N-methyl/N-ethyl adjacent to an activating group) is 1. The van der Waals surface area contributed by atoms with Gasteiger partial charge in [-0.1, -0.05) is 37.8 Å². The molecule has 0 aliphatic heterocycles. The Morgan fingerprint density at radius 1 is 1.22 bits per heavy atom. The lowest BCUT2D eigenvalue weighted by Gasteiger charge is -2.22. The van der Waals surface area contributed by atoms with Gasteiger partial charge in [-0.25, -0.2) is 0 Å². The average molecular weight is 267 g/mol. The van der Waals surface area contributed by atoms with Crippen molar-refractivity contribution in [2.24, 2.45) is 0 Å². The molecule has 1 unspecified atom stereocenters. The maximum atomic E-state index is 3.71. The number of hydrogen-bond acceptors (Lipinski definition) is 2. The first-order valence-electron chi connectivity index (χ1n) is 7.94. The lowest BCUT2D eigenvalue weighted by atomic mass is 10.0. The highest BCUT2D eigenvalue weighted by atomic mass is 32.2. The molecule has 18 heavy (non-hydrogen) atoms. The third-order valence-electron chi connectivity index (χ3n) is 4.28. The lowest BCUT2D eigenvalue weighted by molar-refractivity contribution is 0.607. The van der Waals surface area contributed by atoms with Crippen molar-refractivity contribution in [2.45, 2.75) is 76.0 Å². The van der Waals surface area contributed by atoms with Crippen LogP contribution in [-0.4, -0.2) is 23.6 Å². The van der Waals surface area contributed by atoms with Crippen molar-refractivity contribution in [2.75, 3.05) is 12.3 Å². The topological polar surface area (TPSA) is 12.0 Å². The largest absolute Gasteiger partial charge is 0.310 e. The summed E-state index contributed by atoms with van der Waals surface area (Å²) in [5.41, 5.74) is 1.71. The van der Waals surface area contributed by atoms with Gasteiger partial charge in [0.25, 0.3) is 0 Å². The van der Waals surface area contributed by atoms with E-state index in [1.165, 1.54) is 63.5 Å². The molecule has 2 aliphatic rings. The number of rotatable bonds is 6. The zero-order valence-corrected chi connectivity index (χ0v) is 12.7. The van der Waals surface area contributed by atoms with Crippen molar-refractivity contribution >= 4 is 11.8 Å². The molecule has 1 N–H and O–H groups in total. The molecule has 0 aromatic rings. The first-order chi connectivity index (χ1) is 8.90. The summed E-state index contributed by atoms with van der Waals surface area (Å²) in [5.74, 6) is 1.30. The van der Waals surface area contributed by atoms with E-state index in [2.05, 4.69) is 30.1 Å². The van der Waals surface area contributed by atoms with Crippen LogP contribution in [0.25, 0.3) is 0 Å². The average Bonchev–Trinajstić information content (AvgIpc) is 2.75. The Morgan fingerprint density at radius 2 is 2.06 bits per heavy atom. The molecule has 0 radical (unpaired) electrons. The van der Waals surface area contributed by atoms with Crippen molar-refractivity contribution in [3.63, 3.8) is 0 Å². The molecule has 0 aromatic carbocycles. The first-order valence-corrected chi connectivity index (χ1v) is 8.99. The van der Waals surface area contributed by atoms with Crippen LogP contribution in [0.3, 0.4) is 0 Å². The van der Waals surface area contributed by atoms with E-state index in [1.54, 1.807) is 5.57 Å².